The number of rotatable bonds is 1. The molecular weight excluding hydrogens is 312 g/mol. The molecule has 24 heavy (non-hydrogen) atoms. The van der Waals surface area contributed by atoms with E-state index >= 15 is 0 Å². The average molecular weight is 332 g/mol. The lowest BCUT2D eigenvalue weighted by molar-refractivity contribution is -0.146. The fourth-order valence-electron chi connectivity index (χ4n) is 5.47. The molecule has 128 valence electrons. The van der Waals surface area contributed by atoms with Crippen LogP contribution in [0.5, 0.6) is 0 Å². The first-order valence-electron chi connectivity index (χ1n) is 8.54. The van der Waals surface area contributed by atoms with E-state index in [1.165, 1.54) is 0 Å². The van der Waals surface area contributed by atoms with Gasteiger partial charge in [-0.05, 0) is 12.8 Å². The number of ether oxygens (including phenoxy) is 2. The Morgan fingerprint density at radius 2 is 1.79 bits per heavy atom. The van der Waals surface area contributed by atoms with Gasteiger partial charge in [0.25, 0.3) is 0 Å². The number of ketones is 2. The Labute approximate surface area is 139 Å². The molecule has 0 bridgehead atoms. The van der Waals surface area contributed by atoms with Crippen LogP contribution in [-0.2, 0) is 19.1 Å². The predicted octanol–water partition coefficient (Wildman–Crippen LogP) is -0.221. The van der Waals surface area contributed by atoms with Gasteiger partial charge in [0.15, 0.2) is 11.6 Å². The molecule has 2 heterocycles. The molecule has 2 saturated heterocycles. The molecule has 0 aromatic carbocycles. The van der Waals surface area contributed by atoms with E-state index in [2.05, 4.69) is 0 Å². The number of carbonyl (C=O) groups excluding carboxylic acids is 2. The molecule has 5 rings (SSSR count). The molecule has 0 spiro atoms. The maximum Gasteiger partial charge on any atom is 0.190 e. The van der Waals surface area contributed by atoms with Crippen molar-refractivity contribution in [2.24, 2.45) is 23.2 Å². The number of fused-ring (bicyclic) bond motifs is 5. The third-order valence-electron chi connectivity index (χ3n) is 6.61. The Morgan fingerprint density at radius 1 is 1.12 bits per heavy atom. The molecule has 5 aliphatic rings. The van der Waals surface area contributed by atoms with Crippen LogP contribution < -0.4 is 0 Å². The van der Waals surface area contributed by atoms with Gasteiger partial charge in [0.05, 0.1) is 17.6 Å². The number of allylic oxidation sites excluding steroid dienone is 3. The van der Waals surface area contributed by atoms with Crippen LogP contribution in [0.1, 0.15) is 13.8 Å². The number of aliphatic hydroxyl groups is 2. The van der Waals surface area contributed by atoms with Gasteiger partial charge < -0.3 is 19.7 Å². The Kier molecular flexibility index (Phi) is 2.76. The van der Waals surface area contributed by atoms with Crippen LogP contribution in [0.25, 0.3) is 0 Å². The standard InChI is InChI=1S/C18H20O6/c1-3-4-18-6(2)5-7-8(11(20)14-13(23-14)10(7)19)9(18)12(21)15-16(24-15)17(18)22/h3-6,8-9,11-16,20-21H,1-2H3/b4-3+/t6-,8+,9+,11+,12+,13+,14-,15-,16-,18+/m0/s1. The number of epoxide rings is 2. The molecule has 2 N–H and O–H groups in total. The van der Waals surface area contributed by atoms with Crippen molar-refractivity contribution >= 4 is 11.6 Å². The van der Waals surface area contributed by atoms with Gasteiger partial charge in [0.2, 0.25) is 0 Å². The van der Waals surface area contributed by atoms with Gasteiger partial charge in [-0.25, -0.2) is 0 Å². The molecule has 6 heteroatoms. The summed E-state index contributed by atoms with van der Waals surface area (Å²) in [6.07, 6.45) is 1.48. The zero-order valence-corrected chi connectivity index (χ0v) is 13.5. The fraction of sp³-hybridized carbons (Fsp3) is 0.667. The van der Waals surface area contributed by atoms with E-state index in [-0.39, 0.29) is 17.5 Å². The largest absolute Gasteiger partial charge is 0.390 e. The summed E-state index contributed by atoms with van der Waals surface area (Å²) in [5.41, 5.74) is -0.451. The number of hydrogen-bond donors (Lipinski definition) is 2. The normalized spacial score (nSPS) is 57.7. The van der Waals surface area contributed by atoms with Crippen LogP contribution in [0.4, 0.5) is 0 Å². The van der Waals surface area contributed by atoms with Crippen molar-refractivity contribution in [2.45, 2.75) is 50.5 Å². The second-order valence-electron chi connectivity index (χ2n) is 7.65. The molecule has 0 aromatic rings. The molecule has 2 aliphatic heterocycles. The van der Waals surface area contributed by atoms with Crippen LogP contribution in [0, 0.1) is 23.2 Å². The Bertz CT molecular complexity index is 710. The van der Waals surface area contributed by atoms with E-state index in [1.807, 2.05) is 26.0 Å². The molecular formula is C18H20O6. The van der Waals surface area contributed by atoms with E-state index in [1.54, 1.807) is 6.08 Å². The van der Waals surface area contributed by atoms with Gasteiger partial charge >= 0.3 is 0 Å². The first-order valence-corrected chi connectivity index (χ1v) is 8.54. The van der Waals surface area contributed by atoms with Crippen LogP contribution >= 0.6 is 0 Å². The third-order valence-corrected chi connectivity index (χ3v) is 6.61. The first kappa shape index (κ1) is 15.0. The smallest absolute Gasteiger partial charge is 0.190 e. The summed E-state index contributed by atoms with van der Waals surface area (Å²) in [5.74, 6) is -1.61. The van der Waals surface area contributed by atoms with E-state index in [0.29, 0.717) is 5.57 Å². The second-order valence-corrected chi connectivity index (χ2v) is 7.65. The van der Waals surface area contributed by atoms with Crippen molar-refractivity contribution in [1.82, 2.24) is 0 Å². The van der Waals surface area contributed by atoms with Crippen molar-refractivity contribution in [3.05, 3.63) is 23.8 Å². The summed E-state index contributed by atoms with van der Waals surface area (Å²) in [4.78, 5) is 25.7. The van der Waals surface area contributed by atoms with Crippen LogP contribution in [-0.4, -0.2) is 58.4 Å². The van der Waals surface area contributed by atoms with E-state index < -0.39 is 53.9 Å². The summed E-state index contributed by atoms with van der Waals surface area (Å²) in [7, 11) is 0. The number of hydrogen-bond acceptors (Lipinski definition) is 6. The monoisotopic (exact) mass is 332 g/mol. The highest BCUT2D eigenvalue weighted by Gasteiger charge is 2.73. The predicted molar refractivity (Wildman–Crippen MR) is 80.8 cm³/mol. The lowest BCUT2D eigenvalue weighted by Gasteiger charge is -2.53. The van der Waals surface area contributed by atoms with Crippen molar-refractivity contribution in [3.8, 4) is 0 Å². The SMILES string of the molecule is C/C=C/[C@]12C(=O)[C@H]3O[C@H]3[C@H](O)[C@H]1[C@H]1C(=C[C@@H]2C)C(=O)[C@H]2O[C@H]2[C@@H]1O. The lowest BCUT2D eigenvalue weighted by atomic mass is 9.49. The summed E-state index contributed by atoms with van der Waals surface area (Å²) < 4.78 is 10.8. The quantitative estimate of drug-likeness (QED) is 0.509. The molecule has 0 unspecified atom stereocenters. The number of aliphatic hydroxyl groups excluding tert-OH is 2. The maximum atomic E-state index is 13.1. The lowest BCUT2D eigenvalue weighted by Crippen LogP contribution is -2.63. The molecule has 0 aromatic heterocycles. The highest BCUT2D eigenvalue weighted by molar-refractivity contribution is 6.04. The Morgan fingerprint density at radius 3 is 2.50 bits per heavy atom. The Hall–Kier alpha value is -1.34. The molecule has 10 atom stereocenters. The highest BCUT2D eigenvalue weighted by Crippen LogP contribution is 2.61. The van der Waals surface area contributed by atoms with Crippen molar-refractivity contribution in [3.63, 3.8) is 0 Å². The number of carbonyl (C=O) groups is 2. The third kappa shape index (κ3) is 1.51. The minimum atomic E-state index is -0.955. The van der Waals surface area contributed by atoms with Gasteiger partial charge in [-0.2, -0.15) is 0 Å². The molecule has 2 saturated carbocycles. The van der Waals surface area contributed by atoms with Crippen molar-refractivity contribution < 1.29 is 29.3 Å². The first-order chi connectivity index (χ1) is 11.4. The van der Waals surface area contributed by atoms with E-state index in [9.17, 15) is 19.8 Å². The van der Waals surface area contributed by atoms with Gasteiger partial charge in [-0.15, -0.1) is 0 Å². The van der Waals surface area contributed by atoms with Crippen LogP contribution in [0.2, 0.25) is 0 Å². The van der Waals surface area contributed by atoms with E-state index in [4.69, 9.17) is 9.47 Å². The minimum absolute atomic E-state index is 0.0535. The van der Waals surface area contributed by atoms with Gasteiger partial charge in [0, 0.05) is 17.4 Å². The molecule has 3 aliphatic carbocycles. The summed E-state index contributed by atoms with van der Waals surface area (Å²) in [5, 5.41) is 21.6. The topological polar surface area (TPSA) is 99.7 Å². The summed E-state index contributed by atoms with van der Waals surface area (Å²) in [6, 6.07) is 0. The van der Waals surface area contributed by atoms with Gasteiger partial charge in [-0.1, -0.05) is 25.2 Å². The fourth-order valence-corrected chi connectivity index (χ4v) is 5.47. The molecule has 0 radical (unpaired) electrons. The minimum Gasteiger partial charge on any atom is -0.390 e. The van der Waals surface area contributed by atoms with Gasteiger partial charge in [-0.3, -0.25) is 9.59 Å². The average Bonchev–Trinajstić information content (AvgIpc) is 3.43. The van der Waals surface area contributed by atoms with Gasteiger partial charge in [0.1, 0.15) is 24.4 Å². The zero-order valence-electron chi connectivity index (χ0n) is 13.5. The van der Waals surface area contributed by atoms with Crippen LogP contribution in [0.15, 0.2) is 23.8 Å². The Balaban J connectivity index is 1.72. The van der Waals surface area contributed by atoms with Crippen molar-refractivity contribution in [1.29, 1.82) is 0 Å². The van der Waals surface area contributed by atoms with Crippen molar-refractivity contribution in [2.75, 3.05) is 0 Å². The van der Waals surface area contributed by atoms with Crippen LogP contribution in [0.3, 0.4) is 0 Å². The zero-order chi connectivity index (χ0) is 17.0. The molecule has 4 fully saturated rings. The molecule has 6 nitrogen and oxygen atoms in total. The highest BCUT2D eigenvalue weighted by atomic mass is 16.6. The molecule has 0 amide bonds. The summed E-state index contributed by atoms with van der Waals surface area (Å²) in [6.45, 7) is 3.73. The number of Topliss-reactive ketones (excluding diaryl/α,β-unsaturated/α-hetero) is 2. The second kappa shape index (κ2) is 4.43. The maximum absolute atomic E-state index is 13.1. The summed E-state index contributed by atoms with van der Waals surface area (Å²) >= 11 is 0. The van der Waals surface area contributed by atoms with E-state index in [0.717, 1.165) is 0 Å².